The molecule has 0 radical (unpaired) electrons. The highest BCUT2D eigenvalue weighted by Gasteiger charge is 2.01. The molecule has 0 atom stereocenters. The predicted octanol–water partition coefficient (Wildman–Crippen LogP) is 1.63. The molecule has 1 aromatic rings. The molecule has 1 heterocycles. The van der Waals surface area contributed by atoms with E-state index in [4.69, 9.17) is 22.7 Å². The van der Waals surface area contributed by atoms with Crippen LogP contribution in [0, 0.1) is 0 Å². The lowest BCUT2D eigenvalue weighted by Crippen LogP contribution is -2.26. The number of nitrogens with one attached hydrogen (secondary N) is 1. The first-order valence-electron chi connectivity index (χ1n) is 5.44. The van der Waals surface area contributed by atoms with Crippen LogP contribution in [0.4, 0.5) is 0 Å². The Morgan fingerprint density at radius 1 is 1.53 bits per heavy atom. The second-order valence-corrected chi connectivity index (χ2v) is 3.87. The topological polar surface area (TPSA) is 60.2 Å². The minimum atomic E-state index is 0.450. The van der Waals surface area contributed by atoms with Crippen molar-refractivity contribution in [1.82, 2.24) is 10.3 Å². The van der Waals surface area contributed by atoms with E-state index in [1.165, 1.54) is 0 Å². The molecule has 92 valence electrons. The van der Waals surface area contributed by atoms with E-state index in [1.807, 2.05) is 25.1 Å². The minimum absolute atomic E-state index is 0.450. The molecule has 0 amide bonds. The van der Waals surface area contributed by atoms with E-state index < -0.39 is 0 Å². The summed E-state index contributed by atoms with van der Waals surface area (Å²) in [4.78, 5) is 4.66. The second kappa shape index (κ2) is 7.76. The molecule has 3 N–H and O–H groups in total. The highest BCUT2D eigenvalue weighted by atomic mass is 32.1. The number of thiocarbonyl (C=S) groups is 1. The fourth-order valence-corrected chi connectivity index (χ4v) is 1.41. The van der Waals surface area contributed by atoms with E-state index in [2.05, 4.69) is 10.3 Å². The van der Waals surface area contributed by atoms with Gasteiger partial charge < -0.3 is 15.8 Å². The van der Waals surface area contributed by atoms with Crippen molar-refractivity contribution in [3.63, 3.8) is 0 Å². The number of allylic oxidation sites excluding steroid dienone is 1. The number of aromatic nitrogens is 1. The monoisotopic (exact) mass is 251 g/mol. The third-order valence-corrected chi connectivity index (χ3v) is 2.37. The zero-order valence-electron chi connectivity index (χ0n) is 9.85. The Balaban J connectivity index is 2.41. The van der Waals surface area contributed by atoms with E-state index in [1.54, 1.807) is 12.4 Å². The molecule has 1 aromatic heterocycles. The Bertz CT molecular complexity index is 379. The van der Waals surface area contributed by atoms with Gasteiger partial charge >= 0.3 is 0 Å². The summed E-state index contributed by atoms with van der Waals surface area (Å²) >= 11 is 5.13. The lowest BCUT2D eigenvalue weighted by Gasteiger charge is -2.12. The molecule has 0 bridgehead atoms. The summed E-state index contributed by atoms with van der Waals surface area (Å²) in [6, 6.07) is 3.62. The number of nitrogens with zero attached hydrogens (tertiary/aromatic N) is 1. The van der Waals surface area contributed by atoms with E-state index in [0.717, 1.165) is 16.4 Å². The van der Waals surface area contributed by atoms with Crippen molar-refractivity contribution in [2.75, 3.05) is 13.2 Å². The zero-order valence-corrected chi connectivity index (χ0v) is 10.7. The average molecular weight is 251 g/mol. The summed E-state index contributed by atoms with van der Waals surface area (Å²) in [6.07, 6.45) is 6.00. The van der Waals surface area contributed by atoms with Crippen molar-refractivity contribution in [3.8, 4) is 5.75 Å². The zero-order chi connectivity index (χ0) is 12.5. The molecular formula is C12H17N3OS. The van der Waals surface area contributed by atoms with Crippen LogP contribution >= 0.6 is 12.2 Å². The maximum atomic E-state index is 5.58. The second-order valence-electron chi connectivity index (χ2n) is 3.37. The van der Waals surface area contributed by atoms with Crippen LogP contribution in [0.25, 0.3) is 0 Å². The molecule has 0 fully saturated rings. The first kappa shape index (κ1) is 13.6. The van der Waals surface area contributed by atoms with E-state index in [-0.39, 0.29) is 0 Å². The van der Waals surface area contributed by atoms with Crippen LogP contribution < -0.4 is 15.8 Å². The van der Waals surface area contributed by atoms with E-state index in [0.29, 0.717) is 19.6 Å². The highest BCUT2D eigenvalue weighted by molar-refractivity contribution is 7.80. The molecule has 0 aliphatic carbocycles. The Hall–Kier alpha value is -1.46. The first-order valence-corrected chi connectivity index (χ1v) is 5.85. The van der Waals surface area contributed by atoms with Gasteiger partial charge in [0, 0.05) is 24.5 Å². The number of pyridine rings is 1. The van der Waals surface area contributed by atoms with Crippen molar-refractivity contribution < 1.29 is 4.74 Å². The van der Waals surface area contributed by atoms with Crippen molar-refractivity contribution in [2.24, 2.45) is 5.73 Å². The number of ether oxygens (including phenoxy) is 1. The van der Waals surface area contributed by atoms with Crippen LogP contribution in [0.1, 0.15) is 13.3 Å². The third-order valence-electron chi connectivity index (χ3n) is 2.06. The largest absolute Gasteiger partial charge is 0.487 e. The molecule has 0 aliphatic heterocycles. The minimum Gasteiger partial charge on any atom is -0.487 e. The summed E-state index contributed by atoms with van der Waals surface area (Å²) in [5.74, 6) is 0.783. The predicted molar refractivity (Wildman–Crippen MR) is 72.9 cm³/mol. The third kappa shape index (κ3) is 5.42. The molecule has 17 heavy (non-hydrogen) atoms. The molecule has 0 saturated carbocycles. The molecule has 4 nitrogen and oxygen atoms in total. The van der Waals surface area contributed by atoms with E-state index >= 15 is 0 Å². The van der Waals surface area contributed by atoms with Crippen molar-refractivity contribution in [2.45, 2.75) is 13.3 Å². The van der Waals surface area contributed by atoms with E-state index in [9.17, 15) is 0 Å². The van der Waals surface area contributed by atoms with Crippen molar-refractivity contribution >= 4 is 17.2 Å². The number of nitrogens with two attached hydrogens (primary N) is 1. The van der Waals surface area contributed by atoms with Crippen molar-refractivity contribution in [1.29, 1.82) is 0 Å². The number of rotatable bonds is 6. The molecule has 0 aromatic carbocycles. The van der Waals surface area contributed by atoms with Crippen LogP contribution in [-0.4, -0.2) is 23.1 Å². The SMILES string of the molecule is C/C=C(/COc1ccncc1)NC(=S)CCN. The molecule has 0 spiro atoms. The normalized spacial score (nSPS) is 11.1. The molecule has 1 rings (SSSR count). The lowest BCUT2D eigenvalue weighted by molar-refractivity contribution is 0.346. The smallest absolute Gasteiger partial charge is 0.128 e. The molecule has 0 saturated heterocycles. The number of hydrogen-bond donors (Lipinski definition) is 2. The Labute approximate surface area is 107 Å². The highest BCUT2D eigenvalue weighted by Crippen LogP contribution is 2.07. The molecule has 0 aliphatic rings. The Kier molecular flexibility index (Phi) is 6.21. The average Bonchev–Trinajstić information content (AvgIpc) is 2.36. The summed E-state index contributed by atoms with van der Waals surface area (Å²) in [7, 11) is 0. The first-order chi connectivity index (χ1) is 8.26. The Morgan fingerprint density at radius 3 is 2.82 bits per heavy atom. The van der Waals surface area contributed by atoms with Gasteiger partial charge in [-0.3, -0.25) is 4.98 Å². The standard InChI is InChI=1S/C12H17N3OS/c1-2-10(15-12(17)3-6-13)9-16-11-4-7-14-8-5-11/h2,4-5,7-8H,3,6,9,13H2,1H3,(H,15,17)/b10-2-. The summed E-state index contributed by atoms with van der Waals surface area (Å²) in [5, 5.41) is 3.11. The van der Waals surface area contributed by atoms with Gasteiger partial charge in [0.2, 0.25) is 0 Å². The fraction of sp³-hybridized carbons (Fsp3) is 0.333. The van der Waals surface area contributed by atoms with Gasteiger partial charge in [-0.25, -0.2) is 0 Å². The van der Waals surface area contributed by atoms with Gasteiger partial charge in [0.1, 0.15) is 12.4 Å². The molecule has 5 heteroatoms. The van der Waals surface area contributed by atoms with Crippen LogP contribution in [0.2, 0.25) is 0 Å². The molecule has 0 unspecified atom stereocenters. The van der Waals surface area contributed by atoms with Crippen LogP contribution in [0.15, 0.2) is 36.3 Å². The van der Waals surface area contributed by atoms with Gasteiger partial charge in [0.15, 0.2) is 0 Å². The van der Waals surface area contributed by atoms with Crippen LogP contribution in [0.5, 0.6) is 5.75 Å². The van der Waals surface area contributed by atoms with Gasteiger partial charge in [-0.1, -0.05) is 18.3 Å². The summed E-state index contributed by atoms with van der Waals surface area (Å²) < 4.78 is 5.58. The summed E-state index contributed by atoms with van der Waals surface area (Å²) in [6.45, 7) is 2.93. The lowest BCUT2D eigenvalue weighted by atomic mass is 10.3. The molecular weight excluding hydrogens is 234 g/mol. The van der Waals surface area contributed by atoms with Gasteiger partial charge in [0.25, 0.3) is 0 Å². The van der Waals surface area contributed by atoms with Crippen molar-refractivity contribution in [3.05, 3.63) is 36.3 Å². The quantitative estimate of drug-likeness (QED) is 0.753. The fourth-order valence-electron chi connectivity index (χ4n) is 1.16. The number of hydrogen-bond acceptors (Lipinski definition) is 4. The summed E-state index contributed by atoms with van der Waals surface area (Å²) in [5.41, 5.74) is 6.36. The Morgan fingerprint density at radius 2 is 2.24 bits per heavy atom. The van der Waals surface area contributed by atoms with Gasteiger partial charge in [-0.15, -0.1) is 0 Å². The van der Waals surface area contributed by atoms with Crippen LogP contribution in [0.3, 0.4) is 0 Å². The maximum Gasteiger partial charge on any atom is 0.128 e. The maximum absolute atomic E-state index is 5.58. The van der Waals surface area contributed by atoms with Gasteiger partial charge in [-0.05, 0) is 25.6 Å². The van der Waals surface area contributed by atoms with Crippen LogP contribution in [-0.2, 0) is 0 Å². The van der Waals surface area contributed by atoms with Gasteiger partial charge in [0.05, 0.1) is 4.99 Å². The van der Waals surface area contributed by atoms with Gasteiger partial charge in [-0.2, -0.15) is 0 Å².